The second-order valence-electron chi connectivity index (χ2n) is 5.90. The minimum Gasteiger partial charge on any atom is -0.379 e. The molecule has 1 amide bonds. The van der Waals surface area contributed by atoms with E-state index in [-0.39, 0.29) is 12.0 Å². The van der Waals surface area contributed by atoms with Crippen LogP contribution in [0.4, 0.5) is 0 Å². The first-order valence-electron chi connectivity index (χ1n) is 7.63. The third kappa shape index (κ3) is 2.93. The Balaban J connectivity index is 1.52. The number of hydrogen-bond donors (Lipinski definition) is 1. The zero-order valence-electron chi connectivity index (χ0n) is 11.8. The molecule has 3 rings (SSSR count). The average Bonchev–Trinajstić information content (AvgIpc) is 3.19. The van der Waals surface area contributed by atoms with Gasteiger partial charge < -0.3 is 15.0 Å². The lowest BCUT2D eigenvalue weighted by Crippen LogP contribution is -2.53. The monoisotopic (exact) mass is 267 g/mol. The fourth-order valence-electron chi connectivity index (χ4n) is 3.24. The van der Waals surface area contributed by atoms with Gasteiger partial charge in [0.05, 0.1) is 19.1 Å². The summed E-state index contributed by atoms with van der Waals surface area (Å²) in [7, 11) is 0. The van der Waals surface area contributed by atoms with E-state index in [2.05, 4.69) is 17.1 Å². The molecule has 2 atom stereocenters. The van der Waals surface area contributed by atoms with Crippen molar-refractivity contribution in [2.24, 2.45) is 5.92 Å². The summed E-state index contributed by atoms with van der Waals surface area (Å²) in [5, 5.41) is 3.37. The summed E-state index contributed by atoms with van der Waals surface area (Å²) < 4.78 is 5.48. The smallest absolute Gasteiger partial charge is 0.229 e. The number of amides is 1. The van der Waals surface area contributed by atoms with Gasteiger partial charge in [-0.1, -0.05) is 6.92 Å². The normalized spacial score (nSPS) is 32.8. The molecule has 0 aromatic carbocycles. The van der Waals surface area contributed by atoms with Crippen molar-refractivity contribution in [2.75, 3.05) is 45.9 Å². The highest BCUT2D eigenvalue weighted by atomic mass is 16.5. The Labute approximate surface area is 115 Å². The second-order valence-corrected chi connectivity index (χ2v) is 5.90. The minimum absolute atomic E-state index is 0.0208. The van der Waals surface area contributed by atoms with Gasteiger partial charge in [0.1, 0.15) is 0 Å². The zero-order chi connectivity index (χ0) is 13.2. The Morgan fingerprint density at radius 2 is 1.95 bits per heavy atom. The van der Waals surface area contributed by atoms with Crippen LogP contribution in [0.25, 0.3) is 0 Å². The molecular weight excluding hydrogens is 242 g/mol. The van der Waals surface area contributed by atoms with Gasteiger partial charge in [0.2, 0.25) is 5.91 Å². The van der Waals surface area contributed by atoms with Gasteiger partial charge in [-0.2, -0.15) is 0 Å². The second kappa shape index (κ2) is 5.77. The van der Waals surface area contributed by atoms with E-state index in [0.29, 0.717) is 19.1 Å². The summed E-state index contributed by atoms with van der Waals surface area (Å²) in [6.45, 7) is 8.12. The summed E-state index contributed by atoms with van der Waals surface area (Å²) in [4.78, 5) is 17.1. The van der Waals surface area contributed by atoms with Crippen molar-refractivity contribution in [1.29, 1.82) is 0 Å². The van der Waals surface area contributed by atoms with Crippen molar-refractivity contribution >= 4 is 5.91 Å². The first-order chi connectivity index (χ1) is 9.29. The maximum Gasteiger partial charge on any atom is 0.229 e. The third-order valence-electron chi connectivity index (χ3n) is 4.55. The van der Waals surface area contributed by atoms with E-state index in [1.54, 1.807) is 0 Å². The quantitative estimate of drug-likeness (QED) is 0.774. The van der Waals surface area contributed by atoms with E-state index >= 15 is 0 Å². The Morgan fingerprint density at radius 3 is 2.58 bits per heavy atom. The van der Waals surface area contributed by atoms with Crippen LogP contribution < -0.4 is 5.32 Å². The van der Waals surface area contributed by atoms with Crippen LogP contribution in [0.3, 0.4) is 0 Å². The average molecular weight is 267 g/mol. The van der Waals surface area contributed by atoms with Crippen LogP contribution >= 0.6 is 0 Å². The maximum atomic E-state index is 12.6. The molecule has 2 saturated heterocycles. The standard InChI is InChI=1S/C14H25N3O2/c1-2-15-13-10-19-9-12(13)14(18)17-7-5-16(6-8-17)11-3-4-11/h11-13,15H,2-10H2,1H3. The molecule has 0 aromatic heterocycles. The van der Waals surface area contributed by atoms with E-state index in [0.717, 1.165) is 38.8 Å². The number of hydrogen-bond acceptors (Lipinski definition) is 4. The van der Waals surface area contributed by atoms with Crippen LogP contribution in [0.2, 0.25) is 0 Å². The highest BCUT2D eigenvalue weighted by Gasteiger charge is 2.38. The lowest BCUT2D eigenvalue weighted by molar-refractivity contribution is -0.137. The van der Waals surface area contributed by atoms with E-state index in [1.165, 1.54) is 12.8 Å². The molecule has 5 nitrogen and oxygen atoms in total. The molecule has 3 aliphatic rings. The SMILES string of the molecule is CCNC1COCC1C(=O)N1CCN(C2CC2)CC1. The number of nitrogens with one attached hydrogen (secondary N) is 1. The van der Waals surface area contributed by atoms with Crippen LogP contribution in [-0.2, 0) is 9.53 Å². The molecule has 1 aliphatic carbocycles. The van der Waals surface area contributed by atoms with Crippen molar-refractivity contribution in [3.05, 3.63) is 0 Å². The highest BCUT2D eigenvalue weighted by Crippen LogP contribution is 2.28. The summed E-state index contributed by atoms with van der Waals surface area (Å²) in [6.07, 6.45) is 2.71. The molecule has 0 radical (unpaired) electrons. The molecule has 0 aromatic rings. The molecule has 19 heavy (non-hydrogen) atoms. The topological polar surface area (TPSA) is 44.8 Å². The van der Waals surface area contributed by atoms with E-state index in [1.807, 2.05) is 4.90 Å². The van der Waals surface area contributed by atoms with Crippen molar-refractivity contribution in [3.63, 3.8) is 0 Å². The number of piperazine rings is 1. The Bertz CT molecular complexity index is 325. The predicted octanol–water partition coefficient (Wildman–Crippen LogP) is -0.0825. The van der Waals surface area contributed by atoms with Gasteiger partial charge in [-0.05, 0) is 19.4 Å². The maximum absolute atomic E-state index is 12.6. The van der Waals surface area contributed by atoms with Crippen LogP contribution in [0.15, 0.2) is 0 Å². The van der Waals surface area contributed by atoms with Crippen molar-refractivity contribution in [3.8, 4) is 0 Å². The molecule has 2 heterocycles. The minimum atomic E-state index is 0.0208. The number of ether oxygens (including phenoxy) is 1. The first-order valence-corrected chi connectivity index (χ1v) is 7.63. The van der Waals surface area contributed by atoms with Crippen LogP contribution in [0.1, 0.15) is 19.8 Å². The highest BCUT2D eigenvalue weighted by molar-refractivity contribution is 5.80. The van der Waals surface area contributed by atoms with Crippen LogP contribution in [0, 0.1) is 5.92 Å². The lowest BCUT2D eigenvalue weighted by Gasteiger charge is -2.36. The van der Waals surface area contributed by atoms with E-state index in [9.17, 15) is 4.79 Å². The number of likely N-dealkylation sites (N-methyl/N-ethyl adjacent to an activating group) is 1. The van der Waals surface area contributed by atoms with Crippen molar-refractivity contribution in [1.82, 2.24) is 15.1 Å². The first kappa shape index (κ1) is 13.3. The molecular formula is C14H25N3O2. The molecule has 0 bridgehead atoms. The van der Waals surface area contributed by atoms with Crippen molar-refractivity contribution < 1.29 is 9.53 Å². The summed E-state index contributed by atoms with van der Waals surface area (Å²) >= 11 is 0. The number of nitrogens with zero attached hydrogens (tertiary/aromatic N) is 2. The summed E-state index contributed by atoms with van der Waals surface area (Å²) in [5.41, 5.74) is 0. The molecule has 3 fully saturated rings. The van der Waals surface area contributed by atoms with Gasteiger partial charge in [-0.3, -0.25) is 9.69 Å². The third-order valence-corrected chi connectivity index (χ3v) is 4.55. The Morgan fingerprint density at radius 1 is 1.21 bits per heavy atom. The fourth-order valence-corrected chi connectivity index (χ4v) is 3.24. The summed E-state index contributed by atoms with van der Waals surface area (Å²) in [6, 6.07) is 1.03. The predicted molar refractivity (Wildman–Crippen MR) is 72.9 cm³/mol. The van der Waals surface area contributed by atoms with Gasteiger partial charge in [0.15, 0.2) is 0 Å². The van der Waals surface area contributed by atoms with Gasteiger partial charge in [0, 0.05) is 38.3 Å². The van der Waals surface area contributed by atoms with E-state index < -0.39 is 0 Å². The fraction of sp³-hybridized carbons (Fsp3) is 0.929. The van der Waals surface area contributed by atoms with Gasteiger partial charge >= 0.3 is 0 Å². The molecule has 0 spiro atoms. The molecule has 2 aliphatic heterocycles. The number of carbonyl (C=O) groups excluding carboxylic acids is 1. The molecule has 2 unspecified atom stereocenters. The number of rotatable bonds is 4. The largest absolute Gasteiger partial charge is 0.379 e. The van der Waals surface area contributed by atoms with Crippen molar-refractivity contribution in [2.45, 2.75) is 31.8 Å². The van der Waals surface area contributed by atoms with E-state index in [4.69, 9.17) is 4.74 Å². The Hall–Kier alpha value is -0.650. The molecule has 1 saturated carbocycles. The number of carbonyl (C=O) groups is 1. The Kier molecular flexibility index (Phi) is 4.05. The molecule has 1 N–H and O–H groups in total. The van der Waals surface area contributed by atoms with Crippen LogP contribution in [-0.4, -0.2) is 73.7 Å². The van der Waals surface area contributed by atoms with Crippen LogP contribution in [0.5, 0.6) is 0 Å². The summed E-state index contributed by atoms with van der Waals surface area (Å²) in [5.74, 6) is 0.311. The van der Waals surface area contributed by atoms with Gasteiger partial charge in [-0.15, -0.1) is 0 Å². The molecule has 5 heteroatoms. The molecule has 108 valence electrons. The van der Waals surface area contributed by atoms with Gasteiger partial charge in [-0.25, -0.2) is 0 Å². The van der Waals surface area contributed by atoms with Gasteiger partial charge in [0.25, 0.3) is 0 Å². The zero-order valence-corrected chi connectivity index (χ0v) is 11.8. The lowest BCUT2D eigenvalue weighted by atomic mass is 10.0.